The van der Waals surface area contributed by atoms with Crippen LogP contribution in [0.2, 0.25) is 0 Å². The number of nitro groups is 1. The van der Waals surface area contributed by atoms with Gasteiger partial charge in [0.05, 0.1) is 23.3 Å². The van der Waals surface area contributed by atoms with E-state index in [0.29, 0.717) is 17.9 Å². The monoisotopic (exact) mass is 374 g/mol. The fourth-order valence-corrected chi connectivity index (χ4v) is 2.92. The van der Waals surface area contributed by atoms with Gasteiger partial charge in [-0.05, 0) is 23.3 Å². The Hall–Kier alpha value is -2.87. The molecule has 2 aromatic rings. The zero-order valence-electron chi connectivity index (χ0n) is 14.1. The van der Waals surface area contributed by atoms with E-state index in [1.807, 2.05) is 0 Å². The fourth-order valence-electron chi connectivity index (χ4n) is 2.10. The zero-order chi connectivity index (χ0) is 18.9. The van der Waals surface area contributed by atoms with Crippen LogP contribution in [0.15, 0.2) is 48.5 Å². The number of benzene rings is 2. The molecule has 0 aliphatic rings. The number of hydrogen-bond donors (Lipinski definition) is 1. The molecule has 0 saturated carbocycles. The number of thioether (sulfide) groups is 1. The summed E-state index contributed by atoms with van der Waals surface area (Å²) in [7, 11) is 1.32. The number of carbonyl (C=O) groups is 2. The molecule has 0 heterocycles. The Balaban J connectivity index is 1.71. The van der Waals surface area contributed by atoms with E-state index in [1.54, 1.807) is 36.4 Å². The Labute approximate surface area is 154 Å². The highest BCUT2D eigenvalue weighted by Crippen LogP contribution is 2.16. The smallest absolute Gasteiger partial charge is 0.337 e. The van der Waals surface area contributed by atoms with Gasteiger partial charge in [0.25, 0.3) is 5.69 Å². The lowest BCUT2D eigenvalue weighted by atomic mass is 10.1. The summed E-state index contributed by atoms with van der Waals surface area (Å²) < 4.78 is 4.63. The SMILES string of the molecule is COC(=O)c1ccc(CNC(=O)CSCc2ccc([N+](=O)[O-])cc2)cc1. The topological polar surface area (TPSA) is 98.5 Å². The number of nitro benzene ring substituents is 1. The molecule has 0 aromatic heterocycles. The number of nitrogens with zero attached hydrogens (tertiary/aromatic N) is 1. The van der Waals surface area contributed by atoms with Crippen molar-refractivity contribution in [1.29, 1.82) is 0 Å². The fraction of sp³-hybridized carbons (Fsp3) is 0.222. The van der Waals surface area contributed by atoms with Gasteiger partial charge in [-0.3, -0.25) is 14.9 Å². The first-order valence-electron chi connectivity index (χ1n) is 7.74. The van der Waals surface area contributed by atoms with Crippen molar-refractivity contribution in [3.8, 4) is 0 Å². The van der Waals surface area contributed by atoms with Gasteiger partial charge >= 0.3 is 5.97 Å². The molecular formula is C18H18N2O5S. The van der Waals surface area contributed by atoms with Crippen molar-refractivity contribution in [3.63, 3.8) is 0 Å². The molecule has 0 atom stereocenters. The minimum Gasteiger partial charge on any atom is -0.465 e. The molecule has 0 fully saturated rings. The van der Waals surface area contributed by atoms with Crippen molar-refractivity contribution in [2.45, 2.75) is 12.3 Å². The summed E-state index contributed by atoms with van der Waals surface area (Å²) in [5, 5.41) is 13.4. The van der Waals surface area contributed by atoms with E-state index in [1.165, 1.54) is 31.0 Å². The van der Waals surface area contributed by atoms with Crippen LogP contribution in [0.4, 0.5) is 5.69 Å². The molecule has 136 valence electrons. The molecule has 0 bridgehead atoms. The summed E-state index contributed by atoms with van der Waals surface area (Å²) in [6.45, 7) is 0.373. The predicted octanol–water partition coefficient (Wildman–Crippen LogP) is 2.93. The third-order valence-corrected chi connectivity index (χ3v) is 4.52. The Morgan fingerprint density at radius 3 is 2.27 bits per heavy atom. The maximum atomic E-state index is 11.9. The highest BCUT2D eigenvalue weighted by atomic mass is 32.2. The van der Waals surface area contributed by atoms with Crippen molar-refractivity contribution in [3.05, 3.63) is 75.3 Å². The van der Waals surface area contributed by atoms with E-state index in [9.17, 15) is 19.7 Å². The highest BCUT2D eigenvalue weighted by molar-refractivity contribution is 7.99. The van der Waals surface area contributed by atoms with Gasteiger partial charge in [0.1, 0.15) is 0 Å². The quantitative estimate of drug-likeness (QED) is 0.433. The highest BCUT2D eigenvalue weighted by Gasteiger charge is 2.07. The number of nitrogens with one attached hydrogen (secondary N) is 1. The normalized spacial score (nSPS) is 10.2. The van der Waals surface area contributed by atoms with Crippen molar-refractivity contribution >= 4 is 29.3 Å². The van der Waals surface area contributed by atoms with Crippen LogP contribution >= 0.6 is 11.8 Å². The lowest BCUT2D eigenvalue weighted by Gasteiger charge is -2.06. The van der Waals surface area contributed by atoms with Crippen LogP contribution in [0.3, 0.4) is 0 Å². The second-order valence-corrected chi connectivity index (χ2v) is 6.37. The van der Waals surface area contributed by atoms with Gasteiger partial charge in [-0.25, -0.2) is 4.79 Å². The molecule has 0 radical (unpaired) electrons. The Morgan fingerprint density at radius 1 is 1.08 bits per heavy atom. The molecule has 0 aliphatic heterocycles. The van der Waals surface area contributed by atoms with E-state index < -0.39 is 10.9 Å². The summed E-state index contributed by atoms with van der Waals surface area (Å²) in [4.78, 5) is 33.4. The number of non-ortho nitro benzene ring substituents is 1. The standard InChI is InChI=1S/C18H18N2O5S/c1-25-18(22)15-6-2-13(3-7-15)10-19-17(21)12-26-11-14-4-8-16(9-5-14)20(23)24/h2-9H,10-12H2,1H3,(H,19,21). The molecule has 0 spiro atoms. The van der Waals surface area contributed by atoms with Crippen LogP contribution in [0.5, 0.6) is 0 Å². The van der Waals surface area contributed by atoms with Crippen molar-refractivity contribution < 1.29 is 19.2 Å². The van der Waals surface area contributed by atoms with Gasteiger partial charge in [-0.2, -0.15) is 0 Å². The van der Waals surface area contributed by atoms with Crippen molar-refractivity contribution in [2.24, 2.45) is 0 Å². The van der Waals surface area contributed by atoms with Gasteiger partial charge in [-0.1, -0.05) is 24.3 Å². The first kappa shape index (κ1) is 19.5. The molecular weight excluding hydrogens is 356 g/mol. The van der Waals surface area contributed by atoms with Crippen LogP contribution in [0, 0.1) is 10.1 Å². The average molecular weight is 374 g/mol. The van der Waals surface area contributed by atoms with E-state index in [-0.39, 0.29) is 17.3 Å². The van der Waals surface area contributed by atoms with Crippen molar-refractivity contribution in [2.75, 3.05) is 12.9 Å². The molecule has 0 unspecified atom stereocenters. The summed E-state index contributed by atoms with van der Waals surface area (Å²) >= 11 is 1.43. The number of esters is 1. The number of hydrogen-bond acceptors (Lipinski definition) is 6. The lowest BCUT2D eigenvalue weighted by Crippen LogP contribution is -2.24. The third-order valence-electron chi connectivity index (χ3n) is 3.51. The summed E-state index contributed by atoms with van der Waals surface area (Å²) in [5.74, 6) is 0.383. The van der Waals surface area contributed by atoms with E-state index in [4.69, 9.17) is 0 Å². The first-order valence-corrected chi connectivity index (χ1v) is 8.90. The molecule has 7 nitrogen and oxygen atoms in total. The Bertz CT molecular complexity index is 775. The summed E-state index contributed by atoms with van der Waals surface area (Å²) in [6, 6.07) is 13.1. The molecule has 8 heteroatoms. The minimum atomic E-state index is -0.442. The van der Waals surface area contributed by atoms with Crippen LogP contribution in [-0.4, -0.2) is 29.7 Å². The maximum absolute atomic E-state index is 11.9. The van der Waals surface area contributed by atoms with Gasteiger partial charge in [0.15, 0.2) is 0 Å². The molecule has 0 aliphatic carbocycles. The summed E-state index contributed by atoms with van der Waals surface area (Å²) in [6.07, 6.45) is 0. The lowest BCUT2D eigenvalue weighted by molar-refractivity contribution is -0.384. The second-order valence-electron chi connectivity index (χ2n) is 5.38. The maximum Gasteiger partial charge on any atom is 0.337 e. The Kier molecular flexibility index (Phi) is 7.16. The molecule has 26 heavy (non-hydrogen) atoms. The van der Waals surface area contributed by atoms with Crippen LogP contribution in [0.25, 0.3) is 0 Å². The van der Waals surface area contributed by atoms with Gasteiger partial charge < -0.3 is 10.1 Å². The molecule has 1 amide bonds. The van der Waals surface area contributed by atoms with Crippen molar-refractivity contribution in [1.82, 2.24) is 5.32 Å². The zero-order valence-corrected chi connectivity index (χ0v) is 15.0. The van der Waals surface area contributed by atoms with E-state index in [2.05, 4.69) is 10.1 Å². The number of ether oxygens (including phenoxy) is 1. The summed E-state index contributed by atoms with van der Waals surface area (Å²) in [5.41, 5.74) is 2.31. The Morgan fingerprint density at radius 2 is 1.69 bits per heavy atom. The molecule has 0 saturated heterocycles. The van der Waals surface area contributed by atoms with E-state index >= 15 is 0 Å². The average Bonchev–Trinajstić information content (AvgIpc) is 2.66. The minimum absolute atomic E-state index is 0.0507. The number of carbonyl (C=O) groups excluding carboxylic acids is 2. The molecule has 1 N–H and O–H groups in total. The van der Waals surface area contributed by atoms with E-state index in [0.717, 1.165) is 11.1 Å². The van der Waals surface area contributed by atoms with Crippen LogP contribution in [-0.2, 0) is 21.8 Å². The van der Waals surface area contributed by atoms with Crippen LogP contribution < -0.4 is 5.32 Å². The molecule has 2 rings (SSSR count). The van der Waals surface area contributed by atoms with Gasteiger partial charge in [0, 0.05) is 24.4 Å². The third kappa shape index (κ3) is 5.89. The number of rotatable bonds is 8. The van der Waals surface area contributed by atoms with Gasteiger partial charge in [0.2, 0.25) is 5.91 Å². The largest absolute Gasteiger partial charge is 0.465 e. The second kappa shape index (κ2) is 9.57. The number of amides is 1. The van der Waals surface area contributed by atoms with Crippen LogP contribution in [0.1, 0.15) is 21.5 Å². The number of methoxy groups -OCH3 is 1. The predicted molar refractivity (Wildman–Crippen MR) is 98.9 cm³/mol. The molecule has 2 aromatic carbocycles. The first-order chi connectivity index (χ1) is 12.5. The van der Waals surface area contributed by atoms with Gasteiger partial charge in [-0.15, -0.1) is 11.8 Å².